The molecule has 0 saturated carbocycles. The number of anilines is 1. The Hall–Kier alpha value is -1.36. The number of esters is 1. The van der Waals surface area contributed by atoms with Gasteiger partial charge in [0, 0.05) is 0 Å². The molecule has 1 aromatic heterocycles. The van der Waals surface area contributed by atoms with Gasteiger partial charge in [0.05, 0.1) is 12.1 Å². The lowest BCUT2D eigenvalue weighted by Crippen LogP contribution is -2.34. The lowest BCUT2D eigenvalue weighted by Gasteiger charge is -2.16. The Bertz CT molecular complexity index is 359. The molecule has 5 heteroatoms. The Balaban J connectivity index is 2.72. The highest BCUT2D eigenvalue weighted by Gasteiger charge is 2.30. The van der Waals surface area contributed by atoms with Crippen molar-refractivity contribution in [3.8, 4) is 0 Å². The fraction of sp³-hybridized carbons (Fsp3) is 0.455. The number of ether oxygens (including phenoxy) is 1. The molecule has 1 heterocycles. The van der Waals surface area contributed by atoms with Crippen LogP contribution in [0.2, 0.25) is 0 Å². The third kappa shape index (κ3) is 3.06. The summed E-state index contributed by atoms with van der Waals surface area (Å²) in [6.07, 6.45) is 0. The normalized spacial score (nSPS) is 12.2. The number of methoxy groups -OCH3 is 1. The molecule has 0 aliphatic rings. The van der Waals surface area contributed by atoms with Crippen LogP contribution in [0.25, 0.3) is 0 Å². The summed E-state index contributed by atoms with van der Waals surface area (Å²) in [5.74, 6) is -1.66. The van der Waals surface area contributed by atoms with E-state index in [9.17, 15) is 9.59 Å². The van der Waals surface area contributed by atoms with Crippen LogP contribution in [0.15, 0.2) is 17.5 Å². The summed E-state index contributed by atoms with van der Waals surface area (Å²) < 4.78 is 4.62. The van der Waals surface area contributed by atoms with Gasteiger partial charge in [0.15, 0.2) is 0 Å². The second-order valence-corrected chi connectivity index (χ2v) is 4.66. The molecule has 0 aliphatic heterocycles. The van der Waals surface area contributed by atoms with Crippen LogP contribution in [-0.2, 0) is 14.3 Å². The molecule has 1 rings (SSSR count). The molecule has 1 unspecified atom stereocenters. The monoisotopic (exact) mass is 241 g/mol. The van der Waals surface area contributed by atoms with Crippen LogP contribution >= 0.6 is 11.3 Å². The van der Waals surface area contributed by atoms with Gasteiger partial charge in [-0.3, -0.25) is 9.59 Å². The molecule has 88 valence electrons. The fourth-order valence-electron chi connectivity index (χ4n) is 1.36. The summed E-state index contributed by atoms with van der Waals surface area (Å²) in [5.41, 5.74) is 0. The van der Waals surface area contributed by atoms with Crippen molar-refractivity contribution < 1.29 is 14.3 Å². The summed E-state index contributed by atoms with van der Waals surface area (Å²) in [4.78, 5) is 23.3. The molecule has 0 spiro atoms. The van der Waals surface area contributed by atoms with E-state index in [0.29, 0.717) is 0 Å². The van der Waals surface area contributed by atoms with E-state index in [1.54, 1.807) is 6.07 Å². The lowest BCUT2D eigenvalue weighted by molar-refractivity contribution is -0.150. The summed E-state index contributed by atoms with van der Waals surface area (Å²) in [6, 6.07) is 3.63. The van der Waals surface area contributed by atoms with Gasteiger partial charge < -0.3 is 10.1 Å². The van der Waals surface area contributed by atoms with Crippen LogP contribution in [-0.4, -0.2) is 19.0 Å². The number of nitrogens with one attached hydrogen (secondary N) is 1. The Labute approximate surface area is 98.6 Å². The van der Waals surface area contributed by atoms with Gasteiger partial charge in [-0.15, -0.1) is 11.3 Å². The Kier molecular flexibility index (Phi) is 4.49. The minimum absolute atomic E-state index is 0.0904. The summed E-state index contributed by atoms with van der Waals surface area (Å²) in [6.45, 7) is 3.63. The van der Waals surface area contributed by atoms with Crippen molar-refractivity contribution in [1.82, 2.24) is 0 Å². The van der Waals surface area contributed by atoms with Crippen molar-refractivity contribution in [3.05, 3.63) is 17.5 Å². The standard InChI is InChI=1S/C11H15NO3S/c1-7(2)9(11(14)15-3)10(13)12-8-5-4-6-16-8/h4-7,9H,1-3H3,(H,12,13). The van der Waals surface area contributed by atoms with Gasteiger partial charge in [-0.1, -0.05) is 13.8 Å². The van der Waals surface area contributed by atoms with E-state index >= 15 is 0 Å². The zero-order valence-electron chi connectivity index (χ0n) is 9.52. The maximum Gasteiger partial charge on any atom is 0.318 e. The zero-order chi connectivity index (χ0) is 12.1. The molecular weight excluding hydrogens is 226 g/mol. The first kappa shape index (κ1) is 12.7. The van der Waals surface area contributed by atoms with E-state index in [-0.39, 0.29) is 11.8 Å². The van der Waals surface area contributed by atoms with Crippen molar-refractivity contribution >= 4 is 28.2 Å². The zero-order valence-corrected chi connectivity index (χ0v) is 10.3. The van der Waals surface area contributed by atoms with Crippen LogP contribution < -0.4 is 5.32 Å². The minimum atomic E-state index is -0.757. The molecule has 1 amide bonds. The molecule has 0 bridgehead atoms. The molecule has 4 nitrogen and oxygen atoms in total. The van der Waals surface area contributed by atoms with Gasteiger partial charge in [-0.05, 0) is 23.4 Å². The topological polar surface area (TPSA) is 55.4 Å². The molecule has 1 aromatic rings. The highest BCUT2D eigenvalue weighted by Crippen LogP contribution is 2.19. The number of carbonyl (C=O) groups is 2. The predicted octanol–water partition coefficient (Wildman–Crippen LogP) is 2.13. The quantitative estimate of drug-likeness (QED) is 0.649. The van der Waals surface area contributed by atoms with Crippen LogP contribution in [0.4, 0.5) is 5.00 Å². The first-order valence-corrected chi connectivity index (χ1v) is 5.86. The maximum absolute atomic E-state index is 11.8. The second-order valence-electron chi connectivity index (χ2n) is 3.71. The third-order valence-corrected chi connectivity index (χ3v) is 2.96. The number of thiophene rings is 1. The van der Waals surface area contributed by atoms with E-state index < -0.39 is 11.9 Å². The number of rotatable bonds is 4. The van der Waals surface area contributed by atoms with Crippen molar-refractivity contribution in [2.45, 2.75) is 13.8 Å². The minimum Gasteiger partial charge on any atom is -0.468 e. The molecule has 0 fully saturated rings. The molecule has 16 heavy (non-hydrogen) atoms. The molecule has 1 atom stereocenters. The number of hydrogen-bond donors (Lipinski definition) is 1. The molecule has 0 saturated heterocycles. The van der Waals surface area contributed by atoms with E-state index in [1.807, 2.05) is 25.3 Å². The predicted molar refractivity (Wildman–Crippen MR) is 63.3 cm³/mol. The van der Waals surface area contributed by atoms with Crippen LogP contribution in [0, 0.1) is 11.8 Å². The molecule has 1 N–H and O–H groups in total. The van der Waals surface area contributed by atoms with Crippen LogP contribution in [0.1, 0.15) is 13.8 Å². The van der Waals surface area contributed by atoms with Gasteiger partial charge in [-0.2, -0.15) is 0 Å². The van der Waals surface area contributed by atoms with Gasteiger partial charge in [0.2, 0.25) is 5.91 Å². The van der Waals surface area contributed by atoms with Gasteiger partial charge in [0.25, 0.3) is 0 Å². The van der Waals surface area contributed by atoms with Gasteiger partial charge in [-0.25, -0.2) is 0 Å². The van der Waals surface area contributed by atoms with Crippen molar-refractivity contribution in [2.75, 3.05) is 12.4 Å². The highest BCUT2D eigenvalue weighted by atomic mass is 32.1. The molecule has 0 aromatic carbocycles. The summed E-state index contributed by atoms with van der Waals surface area (Å²) in [7, 11) is 1.29. The van der Waals surface area contributed by atoms with Crippen LogP contribution in [0.3, 0.4) is 0 Å². The van der Waals surface area contributed by atoms with Crippen LogP contribution in [0.5, 0.6) is 0 Å². The van der Waals surface area contributed by atoms with Crippen molar-refractivity contribution in [3.63, 3.8) is 0 Å². The van der Waals surface area contributed by atoms with E-state index in [0.717, 1.165) is 5.00 Å². The Morgan fingerprint density at radius 2 is 2.12 bits per heavy atom. The second kappa shape index (κ2) is 5.65. The van der Waals surface area contributed by atoms with E-state index in [2.05, 4.69) is 10.1 Å². The average Bonchev–Trinajstić information content (AvgIpc) is 2.69. The number of carbonyl (C=O) groups excluding carboxylic acids is 2. The fourth-order valence-corrected chi connectivity index (χ4v) is 1.98. The Morgan fingerprint density at radius 1 is 1.44 bits per heavy atom. The third-order valence-electron chi connectivity index (χ3n) is 2.17. The van der Waals surface area contributed by atoms with Crippen molar-refractivity contribution in [1.29, 1.82) is 0 Å². The largest absolute Gasteiger partial charge is 0.468 e. The highest BCUT2D eigenvalue weighted by molar-refractivity contribution is 7.14. The maximum atomic E-state index is 11.8. The van der Waals surface area contributed by atoms with E-state index in [4.69, 9.17) is 0 Å². The first-order valence-electron chi connectivity index (χ1n) is 4.98. The van der Waals surface area contributed by atoms with Gasteiger partial charge in [0.1, 0.15) is 5.92 Å². The van der Waals surface area contributed by atoms with Crippen molar-refractivity contribution in [2.24, 2.45) is 11.8 Å². The summed E-state index contributed by atoms with van der Waals surface area (Å²) >= 11 is 1.42. The number of hydrogen-bond acceptors (Lipinski definition) is 4. The van der Waals surface area contributed by atoms with Gasteiger partial charge >= 0.3 is 5.97 Å². The SMILES string of the molecule is COC(=O)C(C(=O)Nc1cccs1)C(C)C. The lowest BCUT2D eigenvalue weighted by atomic mass is 9.95. The smallest absolute Gasteiger partial charge is 0.318 e. The average molecular weight is 241 g/mol. The molecule has 0 radical (unpaired) electrons. The number of amides is 1. The van der Waals surface area contributed by atoms with E-state index in [1.165, 1.54) is 18.4 Å². The first-order chi connectivity index (χ1) is 7.56. The molecule has 0 aliphatic carbocycles. The molecular formula is C11H15NO3S. The summed E-state index contributed by atoms with van der Waals surface area (Å²) in [5, 5.41) is 5.29. The Morgan fingerprint density at radius 3 is 2.56 bits per heavy atom.